The van der Waals surface area contributed by atoms with Gasteiger partial charge in [-0.15, -0.1) is 0 Å². The third-order valence-electron chi connectivity index (χ3n) is 3.02. The molecule has 1 saturated heterocycles. The average Bonchev–Trinajstić information content (AvgIpc) is 2.27. The number of nitrogens with one attached hydrogen (secondary N) is 1. The molecular weight excluding hydrogens is 190 g/mol. The lowest BCUT2D eigenvalue weighted by Gasteiger charge is -2.31. The molecule has 0 bridgehead atoms. The molecule has 15 heavy (non-hydrogen) atoms. The Bertz CT molecular complexity index is 218. The van der Waals surface area contributed by atoms with Crippen molar-refractivity contribution in [1.29, 1.82) is 0 Å². The van der Waals surface area contributed by atoms with Gasteiger partial charge in [0.1, 0.15) is 0 Å². The van der Waals surface area contributed by atoms with Crippen molar-refractivity contribution in [3.63, 3.8) is 0 Å². The van der Waals surface area contributed by atoms with Gasteiger partial charge in [-0.05, 0) is 40.2 Å². The first-order chi connectivity index (χ1) is 7.06. The normalized spacial score (nSPS) is 29.0. The van der Waals surface area contributed by atoms with E-state index in [2.05, 4.69) is 31.0 Å². The van der Waals surface area contributed by atoms with Crippen LogP contribution in [0, 0.1) is 0 Å². The Labute approximate surface area is 92.2 Å². The lowest BCUT2D eigenvalue weighted by Crippen LogP contribution is -2.48. The summed E-state index contributed by atoms with van der Waals surface area (Å²) in [5.74, 6) is 0.138. The molecule has 1 fully saturated rings. The Balaban J connectivity index is 2.76. The zero-order valence-corrected chi connectivity index (χ0v) is 9.99. The molecule has 0 aromatic carbocycles. The fraction of sp³-hybridized carbons (Fsp3) is 0.909. The molecular formula is C11H23N3O. The number of hydrogen-bond acceptors (Lipinski definition) is 3. The van der Waals surface area contributed by atoms with E-state index in [4.69, 9.17) is 5.73 Å². The van der Waals surface area contributed by atoms with Gasteiger partial charge in [0, 0.05) is 18.6 Å². The average molecular weight is 213 g/mol. The van der Waals surface area contributed by atoms with Gasteiger partial charge >= 0.3 is 0 Å². The zero-order valence-electron chi connectivity index (χ0n) is 9.99. The van der Waals surface area contributed by atoms with E-state index in [1.807, 2.05) is 0 Å². The molecule has 0 saturated carbocycles. The highest BCUT2D eigenvalue weighted by molar-refractivity contribution is 5.82. The Morgan fingerprint density at radius 1 is 1.60 bits per heavy atom. The minimum atomic E-state index is -0.0417. The fourth-order valence-corrected chi connectivity index (χ4v) is 2.13. The van der Waals surface area contributed by atoms with Crippen LogP contribution in [-0.4, -0.2) is 42.0 Å². The SMILES string of the molecule is CC1CCN(C(C)C)C(CCN)C(=O)N1. The molecule has 1 amide bonds. The first kappa shape index (κ1) is 12.5. The molecule has 1 rings (SSSR count). The summed E-state index contributed by atoms with van der Waals surface area (Å²) >= 11 is 0. The molecule has 0 spiro atoms. The van der Waals surface area contributed by atoms with Gasteiger partial charge < -0.3 is 11.1 Å². The predicted molar refractivity (Wildman–Crippen MR) is 61.5 cm³/mol. The number of hydrogen-bond donors (Lipinski definition) is 2. The van der Waals surface area contributed by atoms with Gasteiger partial charge in [-0.1, -0.05) is 0 Å². The second kappa shape index (κ2) is 5.47. The van der Waals surface area contributed by atoms with Crippen LogP contribution in [-0.2, 0) is 4.79 Å². The van der Waals surface area contributed by atoms with Crippen molar-refractivity contribution in [2.75, 3.05) is 13.1 Å². The van der Waals surface area contributed by atoms with Crippen LogP contribution >= 0.6 is 0 Å². The highest BCUT2D eigenvalue weighted by atomic mass is 16.2. The van der Waals surface area contributed by atoms with Crippen LogP contribution in [0.5, 0.6) is 0 Å². The third-order valence-corrected chi connectivity index (χ3v) is 3.02. The summed E-state index contributed by atoms with van der Waals surface area (Å²) in [4.78, 5) is 14.2. The number of amides is 1. The predicted octanol–water partition coefficient (Wildman–Crippen LogP) is 0.323. The smallest absolute Gasteiger partial charge is 0.237 e. The van der Waals surface area contributed by atoms with Crippen molar-refractivity contribution in [1.82, 2.24) is 10.2 Å². The summed E-state index contributed by atoms with van der Waals surface area (Å²) < 4.78 is 0. The number of carbonyl (C=O) groups excluding carboxylic acids is 1. The molecule has 1 aliphatic rings. The molecule has 0 aromatic heterocycles. The Kier molecular flexibility index (Phi) is 4.54. The van der Waals surface area contributed by atoms with Gasteiger partial charge in [0.25, 0.3) is 0 Å². The highest BCUT2D eigenvalue weighted by Gasteiger charge is 2.30. The fourth-order valence-electron chi connectivity index (χ4n) is 2.13. The second-order valence-corrected chi connectivity index (χ2v) is 4.62. The minimum Gasteiger partial charge on any atom is -0.352 e. The zero-order chi connectivity index (χ0) is 11.4. The summed E-state index contributed by atoms with van der Waals surface area (Å²) in [5, 5.41) is 3.03. The van der Waals surface area contributed by atoms with Gasteiger partial charge in [-0.25, -0.2) is 0 Å². The van der Waals surface area contributed by atoms with E-state index in [1.165, 1.54) is 0 Å². The Morgan fingerprint density at radius 3 is 2.80 bits per heavy atom. The summed E-state index contributed by atoms with van der Waals surface area (Å²) in [6.07, 6.45) is 1.77. The van der Waals surface area contributed by atoms with E-state index in [9.17, 15) is 4.79 Å². The molecule has 4 nitrogen and oxygen atoms in total. The van der Waals surface area contributed by atoms with Crippen molar-refractivity contribution in [2.45, 2.75) is 51.7 Å². The van der Waals surface area contributed by atoms with Crippen molar-refractivity contribution in [2.24, 2.45) is 5.73 Å². The Hall–Kier alpha value is -0.610. The van der Waals surface area contributed by atoms with E-state index in [0.29, 0.717) is 12.6 Å². The molecule has 3 N–H and O–H groups in total. The van der Waals surface area contributed by atoms with Crippen molar-refractivity contribution < 1.29 is 4.79 Å². The molecule has 88 valence electrons. The maximum Gasteiger partial charge on any atom is 0.237 e. The van der Waals surface area contributed by atoms with Crippen LogP contribution in [0.2, 0.25) is 0 Å². The quantitative estimate of drug-likeness (QED) is 0.710. The van der Waals surface area contributed by atoms with Crippen molar-refractivity contribution in [3.05, 3.63) is 0 Å². The van der Waals surface area contributed by atoms with Crippen LogP contribution in [0.4, 0.5) is 0 Å². The third kappa shape index (κ3) is 3.18. The maximum atomic E-state index is 11.9. The summed E-state index contributed by atoms with van der Waals surface area (Å²) in [7, 11) is 0. The number of carbonyl (C=O) groups is 1. The standard InChI is InChI=1S/C11H23N3O/c1-8(2)14-7-5-9(3)13-11(15)10(14)4-6-12/h8-10H,4-7,12H2,1-3H3,(H,13,15). The van der Waals surface area contributed by atoms with Gasteiger partial charge in [0.2, 0.25) is 5.91 Å². The van der Waals surface area contributed by atoms with Gasteiger partial charge in [-0.3, -0.25) is 9.69 Å². The molecule has 0 aromatic rings. The van der Waals surface area contributed by atoms with E-state index < -0.39 is 0 Å². The van der Waals surface area contributed by atoms with E-state index in [-0.39, 0.29) is 18.0 Å². The molecule has 0 aliphatic carbocycles. The largest absolute Gasteiger partial charge is 0.352 e. The monoisotopic (exact) mass is 213 g/mol. The minimum absolute atomic E-state index is 0.0417. The molecule has 0 radical (unpaired) electrons. The van der Waals surface area contributed by atoms with E-state index >= 15 is 0 Å². The first-order valence-corrected chi connectivity index (χ1v) is 5.82. The van der Waals surface area contributed by atoms with Crippen LogP contribution in [0.3, 0.4) is 0 Å². The lowest BCUT2D eigenvalue weighted by atomic mass is 10.1. The summed E-state index contributed by atoms with van der Waals surface area (Å²) in [5.41, 5.74) is 5.56. The van der Waals surface area contributed by atoms with Crippen LogP contribution < -0.4 is 11.1 Å². The molecule has 1 heterocycles. The lowest BCUT2D eigenvalue weighted by molar-refractivity contribution is -0.126. The van der Waals surface area contributed by atoms with Crippen LogP contribution in [0.1, 0.15) is 33.6 Å². The molecule has 4 heteroatoms. The van der Waals surface area contributed by atoms with E-state index in [0.717, 1.165) is 19.4 Å². The first-order valence-electron chi connectivity index (χ1n) is 5.82. The molecule has 2 atom stereocenters. The highest BCUT2D eigenvalue weighted by Crippen LogP contribution is 2.14. The number of rotatable bonds is 3. The van der Waals surface area contributed by atoms with Crippen LogP contribution in [0.15, 0.2) is 0 Å². The summed E-state index contributed by atoms with van der Waals surface area (Å²) in [6.45, 7) is 7.86. The van der Waals surface area contributed by atoms with E-state index in [1.54, 1.807) is 0 Å². The van der Waals surface area contributed by atoms with Crippen molar-refractivity contribution >= 4 is 5.91 Å². The second-order valence-electron chi connectivity index (χ2n) is 4.62. The number of nitrogens with two attached hydrogens (primary N) is 1. The van der Waals surface area contributed by atoms with Crippen molar-refractivity contribution in [3.8, 4) is 0 Å². The maximum absolute atomic E-state index is 11.9. The van der Waals surface area contributed by atoms with Gasteiger partial charge in [0.05, 0.1) is 6.04 Å². The molecule has 1 aliphatic heterocycles. The topological polar surface area (TPSA) is 58.4 Å². The van der Waals surface area contributed by atoms with Gasteiger partial charge in [-0.2, -0.15) is 0 Å². The summed E-state index contributed by atoms with van der Waals surface area (Å²) in [6, 6.07) is 0.638. The van der Waals surface area contributed by atoms with Crippen LogP contribution in [0.25, 0.3) is 0 Å². The molecule has 2 unspecified atom stereocenters. The van der Waals surface area contributed by atoms with Gasteiger partial charge in [0.15, 0.2) is 0 Å². The Morgan fingerprint density at radius 2 is 2.27 bits per heavy atom. The number of nitrogens with zero attached hydrogens (tertiary/aromatic N) is 1.